The highest BCUT2D eigenvalue weighted by atomic mass is 79.9. The molecule has 1 aromatic carbocycles. The lowest BCUT2D eigenvalue weighted by Crippen LogP contribution is -2.26. The molecule has 0 amide bonds. The Labute approximate surface area is 120 Å². The van der Waals surface area contributed by atoms with Crippen molar-refractivity contribution in [1.82, 2.24) is 4.57 Å². The summed E-state index contributed by atoms with van der Waals surface area (Å²) in [4.78, 5) is 11.8. The number of hydrogen-bond acceptors (Lipinski definition) is 2. The third-order valence-electron chi connectivity index (χ3n) is 3.40. The maximum Gasteiger partial charge on any atom is 0.250 e. The average Bonchev–Trinajstić information content (AvgIpc) is 2.43. The van der Waals surface area contributed by atoms with Gasteiger partial charge in [-0.15, -0.1) is 0 Å². The lowest BCUT2D eigenvalue weighted by Gasteiger charge is -2.26. The number of fused-ring (bicyclic) bond motifs is 1. The third kappa shape index (κ3) is 2.65. The van der Waals surface area contributed by atoms with Gasteiger partial charge in [-0.3, -0.25) is 4.79 Å². The van der Waals surface area contributed by atoms with Crippen molar-refractivity contribution in [2.75, 3.05) is 6.61 Å². The molecule has 0 N–H and O–H groups in total. The van der Waals surface area contributed by atoms with E-state index >= 15 is 0 Å². The van der Waals surface area contributed by atoms with Gasteiger partial charge < -0.3 is 9.30 Å². The molecule has 2 heterocycles. The van der Waals surface area contributed by atoms with Crippen LogP contribution in [0.4, 0.5) is 0 Å². The van der Waals surface area contributed by atoms with E-state index in [1.165, 1.54) is 11.1 Å². The number of aromatic nitrogens is 1. The number of rotatable bonds is 2. The molecule has 0 saturated heterocycles. The first kappa shape index (κ1) is 12.6. The molecule has 4 heteroatoms. The number of hydrogen-bond donors (Lipinski definition) is 0. The zero-order valence-electron chi connectivity index (χ0n) is 10.4. The largest absolute Gasteiger partial charge is 0.371 e. The smallest absolute Gasteiger partial charge is 0.250 e. The molecule has 1 unspecified atom stereocenters. The van der Waals surface area contributed by atoms with E-state index in [-0.39, 0.29) is 11.7 Å². The van der Waals surface area contributed by atoms with E-state index in [2.05, 4.69) is 28.1 Å². The molecule has 0 bridgehead atoms. The fourth-order valence-electron chi connectivity index (χ4n) is 2.45. The molecule has 0 aliphatic carbocycles. The predicted molar refractivity (Wildman–Crippen MR) is 77.2 cm³/mol. The van der Waals surface area contributed by atoms with Crippen LogP contribution in [0.5, 0.6) is 0 Å². The predicted octanol–water partition coefficient (Wildman–Crippen LogP) is 2.92. The van der Waals surface area contributed by atoms with E-state index in [0.29, 0.717) is 13.2 Å². The second-order valence-corrected chi connectivity index (χ2v) is 5.56. The zero-order valence-corrected chi connectivity index (χ0v) is 12.0. The van der Waals surface area contributed by atoms with Gasteiger partial charge in [0, 0.05) is 16.7 Å². The summed E-state index contributed by atoms with van der Waals surface area (Å²) in [6.45, 7) is 1.26. The lowest BCUT2D eigenvalue weighted by molar-refractivity contribution is 0.0299. The highest BCUT2D eigenvalue weighted by Crippen LogP contribution is 2.28. The molecule has 1 atom stereocenters. The second kappa shape index (κ2) is 5.31. The van der Waals surface area contributed by atoms with Crippen molar-refractivity contribution >= 4 is 15.9 Å². The van der Waals surface area contributed by atoms with Gasteiger partial charge in [0.1, 0.15) is 6.10 Å². The van der Waals surface area contributed by atoms with E-state index in [0.717, 1.165) is 10.9 Å². The molecule has 3 nitrogen and oxygen atoms in total. The van der Waals surface area contributed by atoms with E-state index < -0.39 is 0 Å². The van der Waals surface area contributed by atoms with Crippen molar-refractivity contribution < 1.29 is 4.74 Å². The van der Waals surface area contributed by atoms with Gasteiger partial charge >= 0.3 is 0 Å². The van der Waals surface area contributed by atoms with Gasteiger partial charge in [0.2, 0.25) is 0 Å². The summed E-state index contributed by atoms with van der Waals surface area (Å²) in [6, 6.07) is 11.6. The van der Waals surface area contributed by atoms with E-state index in [1.54, 1.807) is 16.7 Å². The van der Waals surface area contributed by atoms with Gasteiger partial charge in [0.15, 0.2) is 0 Å². The summed E-state index contributed by atoms with van der Waals surface area (Å²) in [5, 5.41) is 0. The Balaban J connectivity index is 1.93. The molecule has 1 aliphatic heterocycles. The quantitative estimate of drug-likeness (QED) is 0.852. The van der Waals surface area contributed by atoms with Crippen LogP contribution in [0.2, 0.25) is 0 Å². The molecule has 0 saturated carbocycles. The first-order valence-corrected chi connectivity index (χ1v) is 7.09. The normalized spacial score (nSPS) is 18.1. The lowest BCUT2D eigenvalue weighted by atomic mass is 9.97. The zero-order chi connectivity index (χ0) is 13.2. The van der Waals surface area contributed by atoms with Crippen LogP contribution in [-0.2, 0) is 17.7 Å². The first-order chi connectivity index (χ1) is 9.24. The average molecular weight is 320 g/mol. The van der Waals surface area contributed by atoms with Gasteiger partial charge in [-0.2, -0.15) is 0 Å². The topological polar surface area (TPSA) is 31.2 Å². The minimum atomic E-state index is -0.0445. The van der Waals surface area contributed by atoms with Gasteiger partial charge in [0.25, 0.3) is 5.56 Å². The number of nitrogens with zero attached hydrogens (tertiary/aromatic N) is 1. The van der Waals surface area contributed by atoms with Crippen LogP contribution in [0.15, 0.2) is 51.9 Å². The standard InChI is InChI=1S/C15H14BrNO2/c16-12-5-6-15(18)17(9-12)10-14-13-4-2-1-3-11(13)7-8-19-14/h1-6,9,14H,7-8,10H2. The molecule has 1 aliphatic rings. The molecule has 98 valence electrons. The number of benzene rings is 1. The number of ether oxygens (including phenoxy) is 1. The Morgan fingerprint density at radius 1 is 1.26 bits per heavy atom. The summed E-state index contributed by atoms with van der Waals surface area (Å²) >= 11 is 3.39. The minimum Gasteiger partial charge on any atom is -0.371 e. The van der Waals surface area contributed by atoms with E-state index in [4.69, 9.17) is 4.74 Å². The van der Waals surface area contributed by atoms with E-state index in [1.807, 2.05) is 18.3 Å². The van der Waals surface area contributed by atoms with Gasteiger partial charge in [-0.1, -0.05) is 24.3 Å². The Kier molecular flexibility index (Phi) is 3.53. The summed E-state index contributed by atoms with van der Waals surface area (Å²) in [6.07, 6.45) is 2.71. The van der Waals surface area contributed by atoms with Crippen molar-refractivity contribution in [3.8, 4) is 0 Å². The van der Waals surface area contributed by atoms with Crippen molar-refractivity contribution in [3.05, 3.63) is 68.5 Å². The van der Waals surface area contributed by atoms with Crippen LogP contribution < -0.4 is 5.56 Å². The minimum absolute atomic E-state index is 0.00476. The molecule has 19 heavy (non-hydrogen) atoms. The molecular formula is C15H14BrNO2. The maximum atomic E-state index is 11.8. The van der Waals surface area contributed by atoms with Gasteiger partial charge in [0.05, 0.1) is 13.2 Å². The summed E-state index contributed by atoms with van der Waals surface area (Å²) in [5.74, 6) is 0. The van der Waals surface area contributed by atoms with Gasteiger partial charge in [-0.25, -0.2) is 0 Å². The Hall–Kier alpha value is -1.39. The van der Waals surface area contributed by atoms with Crippen LogP contribution in [0, 0.1) is 0 Å². The number of pyridine rings is 1. The van der Waals surface area contributed by atoms with Crippen molar-refractivity contribution in [2.45, 2.75) is 19.1 Å². The number of halogens is 1. The second-order valence-electron chi connectivity index (χ2n) is 4.65. The van der Waals surface area contributed by atoms with E-state index in [9.17, 15) is 4.79 Å². The fourth-order valence-corrected chi connectivity index (χ4v) is 2.83. The van der Waals surface area contributed by atoms with Crippen LogP contribution in [0.25, 0.3) is 0 Å². The Morgan fingerprint density at radius 2 is 2.11 bits per heavy atom. The van der Waals surface area contributed by atoms with Crippen LogP contribution >= 0.6 is 15.9 Å². The first-order valence-electron chi connectivity index (χ1n) is 6.29. The summed E-state index contributed by atoms with van der Waals surface area (Å²) in [7, 11) is 0. The van der Waals surface area contributed by atoms with Crippen molar-refractivity contribution in [2.24, 2.45) is 0 Å². The molecule has 2 aromatic rings. The Bertz CT molecular complexity index is 651. The van der Waals surface area contributed by atoms with Crippen LogP contribution in [0.1, 0.15) is 17.2 Å². The Morgan fingerprint density at radius 3 is 3.00 bits per heavy atom. The maximum absolute atomic E-state index is 11.8. The molecule has 3 rings (SSSR count). The summed E-state index contributed by atoms with van der Waals surface area (Å²) in [5.41, 5.74) is 2.51. The summed E-state index contributed by atoms with van der Waals surface area (Å²) < 4.78 is 8.42. The fraction of sp³-hybridized carbons (Fsp3) is 0.267. The van der Waals surface area contributed by atoms with Crippen molar-refractivity contribution in [3.63, 3.8) is 0 Å². The molecular weight excluding hydrogens is 306 g/mol. The molecule has 0 fully saturated rings. The van der Waals surface area contributed by atoms with Gasteiger partial charge in [-0.05, 0) is 39.5 Å². The van der Waals surface area contributed by atoms with Crippen LogP contribution in [-0.4, -0.2) is 11.2 Å². The van der Waals surface area contributed by atoms with Crippen LogP contribution in [0.3, 0.4) is 0 Å². The molecule has 0 spiro atoms. The molecule has 0 radical (unpaired) electrons. The SMILES string of the molecule is O=c1ccc(Br)cn1CC1OCCc2ccccc21. The third-order valence-corrected chi connectivity index (χ3v) is 3.87. The highest BCUT2D eigenvalue weighted by molar-refractivity contribution is 9.10. The monoisotopic (exact) mass is 319 g/mol. The molecule has 1 aromatic heterocycles. The highest BCUT2D eigenvalue weighted by Gasteiger charge is 2.20. The van der Waals surface area contributed by atoms with Crippen molar-refractivity contribution in [1.29, 1.82) is 0 Å².